The van der Waals surface area contributed by atoms with E-state index in [2.05, 4.69) is 4.99 Å². The molecule has 11 heavy (non-hydrogen) atoms. The summed E-state index contributed by atoms with van der Waals surface area (Å²) in [4.78, 5) is 15.1. The average molecular weight is 153 g/mol. The van der Waals surface area contributed by atoms with Gasteiger partial charge in [-0.3, -0.25) is 0 Å². The predicted octanol–water partition coefficient (Wildman–Crippen LogP) is 1.30. The van der Waals surface area contributed by atoms with E-state index in [0.717, 1.165) is 0 Å². The molecule has 0 unspecified atom stereocenters. The lowest BCUT2D eigenvalue weighted by Crippen LogP contribution is -2.25. The van der Waals surface area contributed by atoms with E-state index in [1.165, 1.54) is 0 Å². The molecule has 0 aliphatic carbocycles. The number of carbonyl (C=O) groups excluding carboxylic acids is 1. The fraction of sp³-hybridized carbons (Fsp3) is 0.500. The number of esters is 1. The number of nitrogens with zero attached hydrogens (tertiary/aromatic N) is 1. The highest BCUT2D eigenvalue weighted by Gasteiger charge is 2.35. The van der Waals surface area contributed by atoms with Gasteiger partial charge in [-0.25, -0.2) is 9.79 Å². The highest BCUT2D eigenvalue weighted by atomic mass is 16.6. The van der Waals surface area contributed by atoms with Gasteiger partial charge in [-0.1, -0.05) is 6.08 Å². The van der Waals surface area contributed by atoms with Crippen LogP contribution in [-0.2, 0) is 9.53 Å². The predicted molar refractivity (Wildman–Crippen MR) is 42.4 cm³/mol. The molecular formula is C8H11NO2. The Bertz CT molecular complexity index is 238. The molecule has 0 aromatic rings. The molecule has 0 spiro atoms. The normalized spacial score (nSPS) is 22.1. The van der Waals surface area contributed by atoms with Gasteiger partial charge in [0, 0.05) is 0 Å². The summed E-state index contributed by atoms with van der Waals surface area (Å²) < 4.78 is 4.84. The molecule has 1 rings (SSSR count). The quantitative estimate of drug-likeness (QED) is 0.532. The smallest absolute Gasteiger partial charge is 0.340 e. The average Bonchev–Trinajstić information content (AvgIpc) is 2.08. The first-order valence-electron chi connectivity index (χ1n) is 3.51. The van der Waals surface area contributed by atoms with Gasteiger partial charge in [0.2, 0.25) is 5.90 Å². The third-order valence-corrected chi connectivity index (χ3v) is 1.40. The van der Waals surface area contributed by atoms with Crippen LogP contribution in [0.3, 0.4) is 0 Å². The Balaban J connectivity index is 2.84. The van der Waals surface area contributed by atoms with Crippen molar-refractivity contribution in [3.63, 3.8) is 0 Å². The molecule has 0 aromatic carbocycles. The Morgan fingerprint density at radius 3 is 2.55 bits per heavy atom. The van der Waals surface area contributed by atoms with Crippen molar-refractivity contribution in [2.24, 2.45) is 4.99 Å². The molecule has 0 amide bonds. The van der Waals surface area contributed by atoms with Crippen molar-refractivity contribution in [1.29, 1.82) is 0 Å². The zero-order valence-corrected chi connectivity index (χ0v) is 6.92. The molecule has 1 aliphatic rings. The van der Waals surface area contributed by atoms with Gasteiger partial charge in [0.1, 0.15) is 0 Å². The highest BCUT2D eigenvalue weighted by Crippen LogP contribution is 2.18. The summed E-state index contributed by atoms with van der Waals surface area (Å²) in [6, 6.07) is 0. The van der Waals surface area contributed by atoms with E-state index in [-0.39, 0.29) is 5.97 Å². The number of hydrogen-bond donors (Lipinski definition) is 0. The lowest BCUT2D eigenvalue weighted by Gasteiger charge is -2.05. The molecule has 0 N–H and O–H groups in total. The van der Waals surface area contributed by atoms with Crippen LogP contribution in [0.2, 0.25) is 0 Å². The second-order valence-electron chi connectivity index (χ2n) is 2.90. The van der Waals surface area contributed by atoms with E-state index in [0.29, 0.717) is 5.90 Å². The van der Waals surface area contributed by atoms with E-state index in [9.17, 15) is 4.79 Å². The summed E-state index contributed by atoms with van der Waals surface area (Å²) in [5.74, 6) is 0.119. The van der Waals surface area contributed by atoms with Crippen LogP contribution in [0.5, 0.6) is 0 Å². The molecule has 0 bridgehead atoms. The van der Waals surface area contributed by atoms with Gasteiger partial charge in [-0.2, -0.15) is 0 Å². The molecule has 3 nitrogen and oxygen atoms in total. The van der Waals surface area contributed by atoms with Gasteiger partial charge >= 0.3 is 5.97 Å². The summed E-state index contributed by atoms with van der Waals surface area (Å²) >= 11 is 0. The maximum Gasteiger partial charge on any atom is 0.340 e. The molecule has 60 valence electrons. The van der Waals surface area contributed by atoms with E-state index in [1.807, 2.05) is 6.92 Å². The lowest BCUT2D eigenvalue weighted by atomic mass is 10.1. The van der Waals surface area contributed by atoms with Crippen molar-refractivity contribution in [3.8, 4) is 0 Å². The van der Waals surface area contributed by atoms with Gasteiger partial charge in [0.05, 0.1) is 0 Å². The second-order valence-corrected chi connectivity index (χ2v) is 2.90. The molecule has 1 heterocycles. The number of allylic oxidation sites excluding steroid dienone is 1. The minimum atomic E-state index is -0.700. The van der Waals surface area contributed by atoms with Crippen molar-refractivity contribution < 1.29 is 9.53 Å². The highest BCUT2D eigenvalue weighted by molar-refractivity contribution is 6.04. The fourth-order valence-corrected chi connectivity index (χ4v) is 0.778. The van der Waals surface area contributed by atoms with Crippen LogP contribution < -0.4 is 0 Å². The molecule has 0 atom stereocenters. The molecule has 0 radical (unpaired) electrons. The van der Waals surface area contributed by atoms with Crippen molar-refractivity contribution in [2.45, 2.75) is 26.3 Å². The van der Waals surface area contributed by atoms with E-state index >= 15 is 0 Å². The van der Waals surface area contributed by atoms with E-state index in [4.69, 9.17) is 4.74 Å². The fourth-order valence-electron chi connectivity index (χ4n) is 0.778. The zero-order chi connectivity index (χ0) is 8.48. The van der Waals surface area contributed by atoms with E-state index < -0.39 is 5.54 Å². The molecule has 0 saturated heterocycles. The second kappa shape index (κ2) is 2.49. The minimum absolute atomic E-state index is 0.286. The summed E-state index contributed by atoms with van der Waals surface area (Å²) in [5, 5.41) is 0. The zero-order valence-electron chi connectivity index (χ0n) is 6.92. The van der Waals surface area contributed by atoms with Crippen LogP contribution in [0.15, 0.2) is 17.1 Å². The number of hydrogen-bond acceptors (Lipinski definition) is 3. The third-order valence-electron chi connectivity index (χ3n) is 1.40. The van der Waals surface area contributed by atoms with Gasteiger partial charge < -0.3 is 4.74 Å². The molecule has 1 aliphatic heterocycles. The van der Waals surface area contributed by atoms with Crippen LogP contribution in [0.4, 0.5) is 0 Å². The molecular weight excluding hydrogens is 142 g/mol. The minimum Gasteiger partial charge on any atom is -0.406 e. The molecule has 0 aromatic heterocycles. The van der Waals surface area contributed by atoms with E-state index in [1.54, 1.807) is 26.0 Å². The maximum absolute atomic E-state index is 11.0. The van der Waals surface area contributed by atoms with Crippen molar-refractivity contribution >= 4 is 11.9 Å². The molecule has 0 fully saturated rings. The largest absolute Gasteiger partial charge is 0.406 e. The first kappa shape index (κ1) is 7.98. The maximum atomic E-state index is 11.0. The first-order valence-corrected chi connectivity index (χ1v) is 3.51. The number of cyclic esters (lactones) is 1. The van der Waals surface area contributed by atoms with Crippen LogP contribution in [0, 0.1) is 0 Å². The summed E-state index contributed by atoms with van der Waals surface area (Å²) in [6.07, 6.45) is 3.46. The van der Waals surface area contributed by atoms with Gasteiger partial charge in [0.25, 0.3) is 0 Å². The Kier molecular flexibility index (Phi) is 1.81. The van der Waals surface area contributed by atoms with Gasteiger partial charge in [-0.15, -0.1) is 0 Å². The molecule has 3 heteroatoms. The Morgan fingerprint density at radius 2 is 2.18 bits per heavy atom. The van der Waals surface area contributed by atoms with Crippen molar-refractivity contribution in [2.75, 3.05) is 0 Å². The summed E-state index contributed by atoms with van der Waals surface area (Å²) in [6.45, 7) is 5.30. The van der Waals surface area contributed by atoms with Crippen molar-refractivity contribution in [1.82, 2.24) is 0 Å². The lowest BCUT2D eigenvalue weighted by molar-refractivity contribution is -0.137. The standard InChI is InChI=1S/C8H11NO2/c1-4-5-6-9-8(2,3)7(10)11-6/h4-5H,1-3H3/b5-4+. The SMILES string of the molecule is C/C=C/C1=NC(C)(C)C(=O)O1. The Labute approximate surface area is 65.8 Å². The van der Waals surface area contributed by atoms with Crippen LogP contribution in [0.1, 0.15) is 20.8 Å². The first-order chi connectivity index (χ1) is 5.06. The topological polar surface area (TPSA) is 38.7 Å². The summed E-state index contributed by atoms with van der Waals surface area (Å²) in [5.41, 5.74) is -0.700. The van der Waals surface area contributed by atoms with Crippen LogP contribution in [-0.4, -0.2) is 17.4 Å². The van der Waals surface area contributed by atoms with Gasteiger partial charge in [0.15, 0.2) is 5.54 Å². The number of carbonyl (C=O) groups is 1. The third kappa shape index (κ3) is 1.48. The molecule has 0 saturated carbocycles. The summed E-state index contributed by atoms with van der Waals surface area (Å²) in [7, 11) is 0. The van der Waals surface area contributed by atoms with Crippen LogP contribution in [0.25, 0.3) is 0 Å². The Morgan fingerprint density at radius 1 is 1.55 bits per heavy atom. The monoisotopic (exact) mass is 153 g/mol. The van der Waals surface area contributed by atoms with Crippen molar-refractivity contribution in [3.05, 3.63) is 12.2 Å². The van der Waals surface area contributed by atoms with Gasteiger partial charge in [-0.05, 0) is 26.8 Å². The Hall–Kier alpha value is -1.12. The number of ether oxygens (including phenoxy) is 1. The number of aliphatic imine (C=N–C) groups is 1. The van der Waals surface area contributed by atoms with Crippen LogP contribution >= 0.6 is 0 Å². The number of rotatable bonds is 1.